The minimum atomic E-state index is -0.320. The highest BCUT2D eigenvalue weighted by atomic mass is 16.2. The first-order chi connectivity index (χ1) is 8.53. The van der Waals surface area contributed by atoms with Crippen LogP contribution in [0, 0.1) is 5.41 Å². The second-order valence-electron chi connectivity index (χ2n) is 5.21. The number of pyridine rings is 1. The van der Waals surface area contributed by atoms with Gasteiger partial charge in [-0.15, -0.1) is 0 Å². The summed E-state index contributed by atoms with van der Waals surface area (Å²) in [6.45, 7) is 3.63. The number of amides is 1. The zero-order valence-electron chi connectivity index (χ0n) is 11.2. The van der Waals surface area contributed by atoms with Gasteiger partial charge >= 0.3 is 0 Å². The summed E-state index contributed by atoms with van der Waals surface area (Å²) in [5, 5.41) is 6.22. The molecule has 1 fully saturated rings. The third kappa shape index (κ3) is 2.46. The van der Waals surface area contributed by atoms with E-state index in [-0.39, 0.29) is 11.3 Å². The fourth-order valence-corrected chi connectivity index (χ4v) is 2.13. The largest absolute Gasteiger partial charge is 0.361 e. The molecule has 2 N–H and O–H groups in total. The van der Waals surface area contributed by atoms with E-state index >= 15 is 0 Å². The molecule has 0 bridgehead atoms. The van der Waals surface area contributed by atoms with Crippen LogP contribution in [-0.2, 0) is 4.79 Å². The quantitative estimate of drug-likeness (QED) is 0.840. The Labute approximate surface area is 108 Å². The number of hydrogen-bond donors (Lipinski definition) is 2. The first-order valence-corrected chi connectivity index (χ1v) is 6.17. The minimum Gasteiger partial charge on any atom is -0.361 e. The highest BCUT2D eigenvalue weighted by molar-refractivity contribution is 5.97. The Balaban J connectivity index is 2.16. The lowest BCUT2D eigenvalue weighted by Crippen LogP contribution is -2.35. The molecule has 1 aliphatic heterocycles. The maximum atomic E-state index is 12.3. The van der Waals surface area contributed by atoms with Crippen molar-refractivity contribution in [3.8, 4) is 0 Å². The maximum Gasteiger partial charge on any atom is 0.231 e. The smallest absolute Gasteiger partial charge is 0.231 e. The summed E-state index contributed by atoms with van der Waals surface area (Å²) in [7, 11) is 3.83. The van der Waals surface area contributed by atoms with Gasteiger partial charge in [0, 0.05) is 26.8 Å². The van der Waals surface area contributed by atoms with Gasteiger partial charge in [-0.05, 0) is 32.0 Å². The number of hydrogen-bond acceptors (Lipinski definition) is 4. The van der Waals surface area contributed by atoms with Crippen molar-refractivity contribution in [3.05, 3.63) is 18.3 Å². The van der Waals surface area contributed by atoms with E-state index in [4.69, 9.17) is 0 Å². The van der Waals surface area contributed by atoms with E-state index in [1.807, 2.05) is 38.1 Å². The molecule has 1 unspecified atom stereocenters. The predicted molar refractivity (Wildman–Crippen MR) is 72.8 cm³/mol. The molecule has 1 atom stereocenters. The molecule has 2 heterocycles. The van der Waals surface area contributed by atoms with Gasteiger partial charge in [0.15, 0.2) is 5.82 Å². The van der Waals surface area contributed by atoms with Crippen LogP contribution in [0.3, 0.4) is 0 Å². The molecule has 5 nitrogen and oxygen atoms in total. The molecule has 0 spiro atoms. The molecule has 1 amide bonds. The average molecular weight is 248 g/mol. The van der Waals surface area contributed by atoms with Crippen molar-refractivity contribution < 1.29 is 4.79 Å². The molecule has 0 aromatic carbocycles. The van der Waals surface area contributed by atoms with Crippen LogP contribution in [0.2, 0.25) is 0 Å². The molecule has 98 valence electrons. The molecule has 1 aliphatic rings. The summed E-state index contributed by atoms with van der Waals surface area (Å²) >= 11 is 0. The van der Waals surface area contributed by atoms with Crippen molar-refractivity contribution in [1.82, 2.24) is 10.3 Å². The minimum absolute atomic E-state index is 0.0589. The van der Waals surface area contributed by atoms with Crippen LogP contribution in [0.5, 0.6) is 0 Å². The lowest BCUT2D eigenvalue weighted by Gasteiger charge is -2.23. The van der Waals surface area contributed by atoms with Crippen LogP contribution in [-0.4, -0.2) is 38.1 Å². The van der Waals surface area contributed by atoms with Crippen molar-refractivity contribution >= 4 is 17.4 Å². The molecule has 0 aliphatic carbocycles. The highest BCUT2D eigenvalue weighted by Crippen LogP contribution is 2.28. The van der Waals surface area contributed by atoms with Crippen LogP contribution in [0.15, 0.2) is 18.3 Å². The normalized spacial score (nSPS) is 22.8. The van der Waals surface area contributed by atoms with Crippen molar-refractivity contribution in [3.63, 3.8) is 0 Å². The standard InChI is InChI=1S/C13H20N4O/c1-13(6-8-14-9-13)12(18)16-10-5-4-7-15-11(10)17(2)3/h4-5,7,14H,6,8-9H2,1-3H3,(H,16,18). The van der Waals surface area contributed by atoms with E-state index in [1.54, 1.807) is 6.20 Å². The van der Waals surface area contributed by atoms with Crippen molar-refractivity contribution in [2.24, 2.45) is 5.41 Å². The number of carbonyl (C=O) groups excluding carboxylic acids is 1. The molecule has 1 aromatic rings. The van der Waals surface area contributed by atoms with Crippen molar-refractivity contribution in [2.75, 3.05) is 37.4 Å². The number of rotatable bonds is 3. The fourth-order valence-electron chi connectivity index (χ4n) is 2.13. The molecular formula is C13H20N4O. The van der Waals surface area contributed by atoms with Gasteiger partial charge in [-0.1, -0.05) is 0 Å². The van der Waals surface area contributed by atoms with Gasteiger partial charge in [0.05, 0.1) is 11.1 Å². The number of nitrogens with one attached hydrogen (secondary N) is 2. The van der Waals surface area contributed by atoms with Gasteiger partial charge in [-0.2, -0.15) is 0 Å². The summed E-state index contributed by atoms with van der Waals surface area (Å²) in [6, 6.07) is 3.71. The van der Waals surface area contributed by atoms with E-state index in [2.05, 4.69) is 15.6 Å². The Morgan fingerprint density at radius 3 is 2.94 bits per heavy atom. The van der Waals surface area contributed by atoms with Gasteiger partial charge < -0.3 is 15.5 Å². The molecular weight excluding hydrogens is 228 g/mol. The Morgan fingerprint density at radius 1 is 1.56 bits per heavy atom. The van der Waals surface area contributed by atoms with E-state index in [0.717, 1.165) is 31.0 Å². The fraction of sp³-hybridized carbons (Fsp3) is 0.538. The summed E-state index contributed by atoms with van der Waals surface area (Å²) in [6.07, 6.45) is 2.60. The van der Waals surface area contributed by atoms with E-state index in [1.165, 1.54) is 0 Å². The lowest BCUT2D eigenvalue weighted by molar-refractivity contribution is -0.123. The number of nitrogens with zero attached hydrogens (tertiary/aromatic N) is 2. The van der Waals surface area contributed by atoms with Gasteiger partial charge in [-0.3, -0.25) is 4.79 Å². The Kier molecular flexibility index (Phi) is 3.52. The van der Waals surface area contributed by atoms with Gasteiger partial charge in [0.2, 0.25) is 5.91 Å². The summed E-state index contributed by atoms with van der Waals surface area (Å²) in [5.74, 6) is 0.837. The third-order valence-corrected chi connectivity index (χ3v) is 3.38. The zero-order valence-corrected chi connectivity index (χ0v) is 11.2. The van der Waals surface area contributed by atoms with Crippen LogP contribution < -0.4 is 15.5 Å². The lowest BCUT2D eigenvalue weighted by atomic mass is 9.89. The predicted octanol–water partition coefficient (Wildman–Crippen LogP) is 1.09. The van der Waals surface area contributed by atoms with Gasteiger partial charge in [0.25, 0.3) is 0 Å². The van der Waals surface area contributed by atoms with Crippen molar-refractivity contribution in [1.29, 1.82) is 0 Å². The highest BCUT2D eigenvalue weighted by Gasteiger charge is 2.36. The number of anilines is 2. The molecule has 1 aromatic heterocycles. The second kappa shape index (κ2) is 4.94. The summed E-state index contributed by atoms with van der Waals surface area (Å²) in [4.78, 5) is 18.5. The molecule has 5 heteroatoms. The Morgan fingerprint density at radius 2 is 2.33 bits per heavy atom. The van der Waals surface area contributed by atoms with Crippen molar-refractivity contribution in [2.45, 2.75) is 13.3 Å². The Bertz CT molecular complexity index is 438. The first kappa shape index (κ1) is 12.8. The SMILES string of the molecule is CN(C)c1ncccc1NC(=O)C1(C)CCNC1. The average Bonchev–Trinajstić information content (AvgIpc) is 2.78. The maximum absolute atomic E-state index is 12.3. The first-order valence-electron chi connectivity index (χ1n) is 6.17. The van der Waals surface area contributed by atoms with Crippen LogP contribution in [0.1, 0.15) is 13.3 Å². The summed E-state index contributed by atoms with van der Waals surface area (Å²) in [5.41, 5.74) is 0.444. The van der Waals surface area contributed by atoms with Crippen LogP contribution in [0.25, 0.3) is 0 Å². The van der Waals surface area contributed by atoms with Crippen LogP contribution in [0.4, 0.5) is 11.5 Å². The van der Waals surface area contributed by atoms with E-state index in [0.29, 0.717) is 0 Å². The van der Waals surface area contributed by atoms with E-state index < -0.39 is 0 Å². The third-order valence-electron chi connectivity index (χ3n) is 3.38. The number of carbonyl (C=O) groups is 1. The molecule has 0 radical (unpaired) electrons. The second-order valence-corrected chi connectivity index (χ2v) is 5.21. The Hall–Kier alpha value is -1.62. The van der Waals surface area contributed by atoms with E-state index in [9.17, 15) is 4.79 Å². The van der Waals surface area contributed by atoms with Gasteiger partial charge in [0.1, 0.15) is 0 Å². The molecule has 18 heavy (non-hydrogen) atoms. The topological polar surface area (TPSA) is 57.3 Å². The van der Waals surface area contributed by atoms with Crippen LogP contribution >= 0.6 is 0 Å². The molecule has 1 saturated heterocycles. The monoisotopic (exact) mass is 248 g/mol. The van der Waals surface area contributed by atoms with Gasteiger partial charge in [-0.25, -0.2) is 4.98 Å². The molecule has 2 rings (SSSR count). The summed E-state index contributed by atoms with van der Waals surface area (Å²) < 4.78 is 0. The molecule has 0 saturated carbocycles. The zero-order chi connectivity index (χ0) is 13.2. The number of aromatic nitrogens is 1.